The van der Waals surface area contributed by atoms with Gasteiger partial charge in [-0.25, -0.2) is 0 Å². The molecule has 222 valence electrons. The van der Waals surface area contributed by atoms with Crippen molar-refractivity contribution in [3.8, 4) is 0 Å². The van der Waals surface area contributed by atoms with E-state index in [2.05, 4.69) is 142 Å². The molecule has 0 unspecified atom stereocenters. The van der Waals surface area contributed by atoms with Crippen molar-refractivity contribution in [2.24, 2.45) is 0 Å². The third-order valence-electron chi connectivity index (χ3n) is 10.5. The van der Waals surface area contributed by atoms with E-state index in [4.69, 9.17) is 11.6 Å². The highest BCUT2D eigenvalue weighted by Crippen LogP contribution is 2.46. The monoisotopic (exact) mass is 598 g/mol. The molecule has 44 heavy (non-hydrogen) atoms. The number of hydrogen-bond donors (Lipinski definition) is 0. The molecule has 0 saturated carbocycles. The molecule has 7 rings (SSSR count). The van der Waals surface area contributed by atoms with Crippen molar-refractivity contribution in [2.75, 3.05) is 13.1 Å². The van der Waals surface area contributed by atoms with Crippen LogP contribution in [0, 0.1) is 0 Å². The van der Waals surface area contributed by atoms with Gasteiger partial charge in [0.05, 0.1) is 10.8 Å². The summed E-state index contributed by atoms with van der Waals surface area (Å²) in [7, 11) is 0. The molecular formula is C41H43ClN2+2. The van der Waals surface area contributed by atoms with E-state index >= 15 is 0 Å². The summed E-state index contributed by atoms with van der Waals surface area (Å²) in [5.41, 5.74) is 10.7. The van der Waals surface area contributed by atoms with E-state index in [9.17, 15) is 0 Å². The molecule has 2 heterocycles. The van der Waals surface area contributed by atoms with Crippen molar-refractivity contribution in [2.45, 2.75) is 71.6 Å². The Morgan fingerprint density at radius 3 is 1.86 bits per heavy atom. The van der Waals surface area contributed by atoms with Gasteiger partial charge in [0.25, 0.3) is 0 Å². The minimum Gasteiger partial charge on any atom is -0.199 e. The summed E-state index contributed by atoms with van der Waals surface area (Å²) >= 11 is 7.15. The van der Waals surface area contributed by atoms with Crippen LogP contribution >= 0.6 is 11.6 Å². The molecule has 0 saturated heterocycles. The first-order valence-corrected chi connectivity index (χ1v) is 16.7. The van der Waals surface area contributed by atoms with Crippen LogP contribution in [0.5, 0.6) is 0 Å². The average molecular weight is 599 g/mol. The van der Waals surface area contributed by atoms with Crippen LogP contribution in [-0.4, -0.2) is 33.7 Å². The Hall–Kier alpha value is -3.75. The average Bonchev–Trinajstić information content (AvgIpc) is 3.57. The van der Waals surface area contributed by atoms with Crippen LogP contribution in [0.1, 0.15) is 71.9 Å². The molecule has 0 bridgehead atoms. The maximum absolute atomic E-state index is 7.15. The summed E-state index contributed by atoms with van der Waals surface area (Å²) in [5, 5.41) is 6.27. The van der Waals surface area contributed by atoms with E-state index < -0.39 is 0 Å². The van der Waals surface area contributed by atoms with Gasteiger partial charge in [-0.05, 0) is 99.2 Å². The van der Waals surface area contributed by atoms with Crippen LogP contribution in [0.4, 0.5) is 11.4 Å². The van der Waals surface area contributed by atoms with Crippen LogP contribution in [0.15, 0.2) is 107 Å². The van der Waals surface area contributed by atoms with Gasteiger partial charge < -0.3 is 0 Å². The van der Waals surface area contributed by atoms with Crippen LogP contribution in [0.2, 0.25) is 0 Å². The SMILES string of the molecule is CC[N+]1=C(C=CC2=C(Cl)C(=CCC3=[N+](CC)c4ccc5ccccc5c4C3(C)C)CC2)C(C)(C)c2c1ccc1ccccc21. The molecule has 3 aliphatic rings. The second-order valence-corrected chi connectivity index (χ2v) is 13.9. The molecule has 0 atom stereocenters. The molecule has 2 aliphatic heterocycles. The fraction of sp³-hybridized carbons (Fsp3) is 0.317. The minimum absolute atomic E-state index is 0.0473. The van der Waals surface area contributed by atoms with Crippen molar-refractivity contribution in [1.82, 2.24) is 0 Å². The number of allylic oxidation sites excluding steroid dienone is 6. The fourth-order valence-corrected chi connectivity index (χ4v) is 8.64. The zero-order chi connectivity index (χ0) is 30.8. The molecule has 0 N–H and O–H groups in total. The van der Waals surface area contributed by atoms with E-state index in [1.54, 1.807) is 0 Å². The van der Waals surface area contributed by atoms with Gasteiger partial charge in [-0.2, -0.15) is 9.15 Å². The number of rotatable bonds is 6. The quantitative estimate of drug-likeness (QED) is 0.195. The van der Waals surface area contributed by atoms with Gasteiger partial charge in [0.15, 0.2) is 11.4 Å². The van der Waals surface area contributed by atoms with Gasteiger partial charge in [-0.15, -0.1) is 0 Å². The van der Waals surface area contributed by atoms with Gasteiger partial charge >= 0.3 is 0 Å². The molecule has 0 aromatic heterocycles. The highest BCUT2D eigenvalue weighted by Gasteiger charge is 2.46. The highest BCUT2D eigenvalue weighted by molar-refractivity contribution is 6.33. The first-order valence-electron chi connectivity index (χ1n) is 16.3. The summed E-state index contributed by atoms with van der Waals surface area (Å²) in [6.07, 6.45) is 9.93. The zero-order valence-electron chi connectivity index (χ0n) is 27.0. The van der Waals surface area contributed by atoms with Crippen LogP contribution in [0.25, 0.3) is 21.5 Å². The van der Waals surface area contributed by atoms with E-state index in [0.717, 1.165) is 37.4 Å². The Labute approximate surface area is 267 Å². The second-order valence-electron chi connectivity index (χ2n) is 13.5. The number of nitrogens with zero attached hydrogens (tertiary/aromatic N) is 2. The summed E-state index contributed by atoms with van der Waals surface area (Å²) in [6, 6.07) is 26.7. The van der Waals surface area contributed by atoms with Crippen LogP contribution in [-0.2, 0) is 10.8 Å². The van der Waals surface area contributed by atoms with Crippen LogP contribution < -0.4 is 0 Å². The van der Waals surface area contributed by atoms with E-state index in [-0.39, 0.29) is 10.8 Å². The van der Waals surface area contributed by atoms with Crippen LogP contribution in [0.3, 0.4) is 0 Å². The second kappa shape index (κ2) is 10.7. The standard InChI is InChI=1S/C41H43ClN2/c1-7-43-33-23-19-27-13-9-11-15-31(27)37(33)40(3,4)35(43)25-21-29-17-18-30(39(29)42)22-26-36-41(5,6)38-32-16-12-10-14-28(32)20-24-34(38)44(36)8-2/h9-16,19-25H,7-8,17-18,26H2,1-6H3/q+2. The number of fused-ring (bicyclic) bond motifs is 6. The van der Waals surface area contributed by atoms with E-state index in [1.165, 1.54) is 66.6 Å². The number of hydrogen-bond acceptors (Lipinski definition) is 0. The van der Waals surface area contributed by atoms with Crippen molar-refractivity contribution >= 4 is 55.9 Å². The fourth-order valence-electron chi connectivity index (χ4n) is 8.31. The molecular weight excluding hydrogens is 556 g/mol. The maximum Gasteiger partial charge on any atom is 0.210 e. The van der Waals surface area contributed by atoms with Crippen molar-refractivity contribution in [3.05, 3.63) is 118 Å². The van der Waals surface area contributed by atoms with Gasteiger partial charge in [0.1, 0.15) is 13.1 Å². The van der Waals surface area contributed by atoms with Crippen molar-refractivity contribution < 1.29 is 9.15 Å². The molecule has 0 amide bonds. The predicted molar refractivity (Wildman–Crippen MR) is 189 cm³/mol. The first-order chi connectivity index (χ1) is 21.2. The Bertz CT molecular complexity index is 2010. The molecule has 1 aliphatic carbocycles. The summed E-state index contributed by atoms with van der Waals surface area (Å²) < 4.78 is 5.02. The minimum atomic E-state index is -0.0967. The lowest BCUT2D eigenvalue weighted by Crippen LogP contribution is -2.29. The highest BCUT2D eigenvalue weighted by atomic mass is 35.5. The molecule has 4 aromatic carbocycles. The molecule has 0 spiro atoms. The lowest BCUT2D eigenvalue weighted by atomic mass is 9.78. The lowest BCUT2D eigenvalue weighted by Gasteiger charge is -2.19. The third-order valence-corrected chi connectivity index (χ3v) is 11.0. The molecule has 0 radical (unpaired) electrons. The Kier molecular flexibility index (Phi) is 7.05. The Morgan fingerprint density at radius 1 is 0.682 bits per heavy atom. The number of benzene rings is 4. The number of halogens is 1. The predicted octanol–water partition coefficient (Wildman–Crippen LogP) is 10.6. The Balaban J connectivity index is 1.19. The largest absolute Gasteiger partial charge is 0.210 e. The van der Waals surface area contributed by atoms with E-state index in [0.29, 0.717) is 0 Å². The van der Waals surface area contributed by atoms with Crippen molar-refractivity contribution in [1.29, 1.82) is 0 Å². The molecule has 2 nitrogen and oxygen atoms in total. The van der Waals surface area contributed by atoms with Gasteiger partial charge in [-0.1, -0.05) is 72.3 Å². The smallest absolute Gasteiger partial charge is 0.199 e. The maximum atomic E-state index is 7.15. The molecule has 3 heteroatoms. The summed E-state index contributed by atoms with van der Waals surface area (Å²) in [6.45, 7) is 15.9. The summed E-state index contributed by atoms with van der Waals surface area (Å²) in [5.74, 6) is 0. The zero-order valence-corrected chi connectivity index (χ0v) is 27.7. The van der Waals surface area contributed by atoms with Gasteiger partial charge in [0.2, 0.25) is 11.4 Å². The van der Waals surface area contributed by atoms with Gasteiger partial charge in [-0.3, -0.25) is 0 Å². The first kappa shape index (κ1) is 29.0. The Morgan fingerprint density at radius 2 is 1.25 bits per heavy atom. The summed E-state index contributed by atoms with van der Waals surface area (Å²) in [4.78, 5) is 0. The van der Waals surface area contributed by atoms with Gasteiger partial charge in [0, 0.05) is 40.8 Å². The van der Waals surface area contributed by atoms with E-state index in [1.807, 2.05) is 0 Å². The molecule has 0 fully saturated rings. The molecule has 4 aromatic rings. The van der Waals surface area contributed by atoms with Crippen molar-refractivity contribution in [3.63, 3.8) is 0 Å². The normalized spacial score (nSPS) is 19.8. The third kappa shape index (κ3) is 4.29. The topological polar surface area (TPSA) is 6.02 Å². The lowest BCUT2D eigenvalue weighted by molar-refractivity contribution is -0.435.